The van der Waals surface area contributed by atoms with Crippen LogP contribution in [-0.2, 0) is 14.8 Å². The number of nitrogens with one attached hydrogen (secondary N) is 1. The summed E-state index contributed by atoms with van der Waals surface area (Å²) >= 11 is 0. The molecule has 0 saturated carbocycles. The fourth-order valence-electron chi connectivity index (χ4n) is 2.00. The normalized spacial score (nSPS) is 17.1. The van der Waals surface area contributed by atoms with E-state index >= 15 is 0 Å². The second-order valence-corrected chi connectivity index (χ2v) is 6.23. The summed E-state index contributed by atoms with van der Waals surface area (Å²) in [6.07, 6.45) is 0. The van der Waals surface area contributed by atoms with Gasteiger partial charge in [0.25, 0.3) is 0 Å². The molecule has 0 aromatic heterocycles. The van der Waals surface area contributed by atoms with Gasteiger partial charge in [0.05, 0.1) is 18.6 Å². The van der Waals surface area contributed by atoms with Crippen molar-refractivity contribution < 1.29 is 17.9 Å². The quantitative estimate of drug-likeness (QED) is 0.855. The molecule has 0 spiro atoms. The minimum Gasteiger partial charge on any atom is -0.497 e. The third-order valence-corrected chi connectivity index (χ3v) is 5.01. The number of methoxy groups -OCH3 is 1. The number of ether oxygens (including phenoxy) is 1. The Balaban J connectivity index is 2.36. The van der Waals surface area contributed by atoms with Crippen molar-refractivity contribution in [3.63, 3.8) is 0 Å². The van der Waals surface area contributed by atoms with Gasteiger partial charge >= 0.3 is 0 Å². The highest BCUT2D eigenvalue weighted by molar-refractivity contribution is 7.89. The molecule has 1 N–H and O–H groups in total. The summed E-state index contributed by atoms with van der Waals surface area (Å²) < 4.78 is 31.2. The van der Waals surface area contributed by atoms with E-state index in [4.69, 9.17) is 4.74 Å². The van der Waals surface area contributed by atoms with Crippen LogP contribution in [0.4, 0.5) is 0 Å². The molecule has 1 aliphatic heterocycles. The Bertz CT molecular complexity index is 598. The molecule has 6 nitrogen and oxygen atoms in total. The first kappa shape index (κ1) is 13.8. The highest BCUT2D eigenvalue weighted by Crippen LogP contribution is 2.24. The van der Waals surface area contributed by atoms with E-state index < -0.39 is 10.0 Å². The molecule has 0 radical (unpaired) electrons. The maximum absolute atomic E-state index is 12.5. The Morgan fingerprint density at radius 3 is 2.68 bits per heavy atom. The summed E-state index contributed by atoms with van der Waals surface area (Å²) in [5, 5.41) is 2.60. The molecule has 2 rings (SSSR count). The van der Waals surface area contributed by atoms with Crippen LogP contribution >= 0.6 is 0 Å². The minimum atomic E-state index is -3.63. The summed E-state index contributed by atoms with van der Waals surface area (Å²) in [6, 6.07) is 4.77. The molecule has 0 bridgehead atoms. The number of amides is 1. The maximum atomic E-state index is 12.5. The Morgan fingerprint density at radius 2 is 2.11 bits per heavy atom. The predicted molar refractivity (Wildman–Crippen MR) is 69.5 cm³/mol. The minimum absolute atomic E-state index is 0.131. The van der Waals surface area contributed by atoms with Gasteiger partial charge in [-0.05, 0) is 30.7 Å². The molecule has 19 heavy (non-hydrogen) atoms. The highest BCUT2D eigenvalue weighted by Gasteiger charge is 2.30. The van der Waals surface area contributed by atoms with Gasteiger partial charge < -0.3 is 10.1 Å². The molecule has 1 aliphatic rings. The monoisotopic (exact) mass is 284 g/mol. The van der Waals surface area contributed by atoms with Crippen molar-refractivity contribution in [1.29, 1.82) is 0 Å². The molecule has 104 valence electrons. The second kappa shape index (κ2) is 5.18. The predicted octanol–water partition coefficient (Wildman–Crippen LogP) is 0.124. The number of benzene rings is 1. The summed E-state index contributed by atoms with van der Waals surface area (Å²) in [6.45, 7) is 2.21. The third-order valence-electron chi connectivity index (χ3n) is 3.00. The van der Waals surface area contributed by atoms with Crippen molar-refractivity contribution >= 4 is 15.9 Å². The molecule has 1 aromatic carbocycles. The van der Waals surface area contributed by atoms with Gasteiger partial charge in [-0.25, -0.2) is 8.42 Å². The summed E-state index contributed by atoms with van der Waals surface area (Å²) in [7, 11) is -2.11. The van der Waals surface area contributed by atoms with Crippen molar-refractivity contribution in [3.05, 3.63) is 23.8 Å². The van der Waals surface area contributed by atoms with Crippen LogP contribution in [0.5, 0.6) is 5.75 Å². The number of piperazine rings is 1. The van der Waals surface area contributed by atoms with Crippen LogP contribution in [0.1, 0.15) is 5.56 Å². The fourth-order valence-corrected chi connectivity index (χ4v) is 3.60. The number of hydrogen-bond acceptors (Lipinski definition) is 4. The lowest BCUT2D eigenvalue weighted by atomic mass is 10.2. The van der Waals surface area contributed by atoms with Crippen LogP contribution in [0.15, 0.2) is 23.1 Å². The average Bonchev–Trinajstić information content (AvgIpc) is 2.38. The van der Waals surface area contributed by atoms with Crippen LogP contribution in [0.2, 0.25) is 0 Å². The number of sulfonamides is 1. The summed E-state index contributed by atoms with van der Waals surface area (Å²) in [5.41, 5.74) is 0.602. The first-order chi connectivity index (χ1) is 8.95. The third kappa shape index (κ3) is 2.71. The van der Waals surface area contributed by atoms with Gasteiger partial charge in [0.1, 0.15) is 5.75 Å². The molecule has 0 unspecified atom stereocenters. The summed E-state index contributed by atoms with van der Waals surface area (Å²) in [5.74, 6) is 0.328. The summed E-state index contributed by atoms with van der Waals surface area (Å²) in [4.78, 5) is 11.5. The zero-order valence-corrected chi connectivity index (χ0v) is 11.7. The topological polar surface area (TPSA) is 75.7 Å². The van der Waals surface area contributed by atoms with E-state index in [9.17, 15) is 13.2 Å². The molecule has 1 amide bonds. The lowest BCUT2D eigenvalue weighted by molar-refractivity contribution is -0.122. The molecular formula is C12H16N2O4S. The van der Waals surface area contributed by atoms with E-state index in [-0.39, 0.29) is 17.3 Å². The van der Waals surface area contributed by atoms with Crippen LogP contribution in [-0.4, -0.2) is 45.4 Å². The zero-order chi connectivity index (χ0) is 14.0. The van der Waals surface area contributed by atoms with Gasteiger partial charge in [-0.3, -0.25) is 4.79 Å². The Morgan fingerprint density at radius 1 is 1.37 bits per heavy atom. The molecule has 7 heteroatoms. The molecule has 1 aromatic rings. The van der Waals surface area contributed by atoms with E-state index in [1.54, 1.807) is 19.1 Å². The van der Waals surface area contributed by atoms with Crippen LogP contribution in [0, 0.1) is 6.92 Å². The number of hydrogen-bond donors (Lipinski definition) is 1. The molecule has 0 aliphatic carbocycles. The SMILES string of the molecule is COc1ccc(S(=O)(=O)N2CCNC(=O)C2)c(C)c1. The number of rotatable bonds is 3. The van der Waals surface area contributed by atoms with Crippen LogP contribution in [0.3, 0.4) is 0 Å². The first-order valence-electron chi connectivity index (χ1n) is 5.86. The van der Waals surface area contributed by atoms with E-state index in [0.29, 0.717) is 24.4 Å². The molecular weight excluding hydrogens is 268 g/mol. The van der Waals surface area contributed by atoms with Crippen molar-refractivity contribution in [3.8, 4) is 5.75 Å². The fraction of sp³-hybridized carbons (Fsp3) is 0.417. The largest absolute Gasteiger partial charge is 0.497 e. The van der Waals surface area contributed by atoms with Gasteiger partial charge in [-0.2, -0.15) is 4.31 Å². The standard InChI is InChI=1S/C12H16N2O4S/c1-9-7-10(18-2)3-4-11(9)19(16,17)14-6-5-13-12(15)8-14/h3-4,7H,5-6,8H2,1-2H3,(H,13,15). The Kier molecular flexibility index (Phi) is 3.77. The van der Waals surface area contributed by atoms with Gasteiger partial charge in [-0.15, -0.1) is 0 Å². The van der Waals surface area contributed by atoms with E-state index in [1.165, 1.54) is 17.5 Å². The molecule has 1 saturated heterocycles. The van der Waals surface area contributed by atoms with Gasteiger partial charge in [0.15, 0.2) is 0 Å². The Hall–Kier alpha value is -1.60. The smallest absolute Gasteiger partial charge is 0.243 e. The number of carbonyl (C=O) groups is 1. The van der Waals surface area contributed by atoms with Gasteiger partial charge in [-0.1, -0.05) is 0 Å². The van der Waals surface area contributed by atoms with Gasteiger partial charge in [0, 0.05) is 13.1 Å². The first-order valence-corrected chi connectivity index (χ1v) is 7.30. The van der Waals surface area contributed by atoms with Gasteiger partial charge in [0.2, 0.25) is 15.9 Å². The molecule has 1 heterocycles. The van der Waals surface area contributed by atoms with Crippen LogP contribution < -0.4 is 10.1 Å². The van der Waals surface area contributed by atoms with E-state index in [1.807, 2.05) is 0 Å². The zero-order valence-electron chi connectivity index (χ0n) is 10.8. The maximum Gasteiger partial charge on any atom is 0.243 e. The lowest BCUT2D eigenvalue weighted by Crippen LogP contribution is -2.49. The van der Waals surface area contributed by atoms with Crippen molar-refractivity contribution in [2.45, 2.75) is 11.8 Å². The van der Waals surface area contributed by atoms with E-state index in [0.717, 1.165) is 0 Å². The second-order valence-electron chi connectivity index (χ2n) is 4.32. The lowest BCUT2D eigenvalue weighted by Gasteiger charge is -2.26. The van der Waals surface area contributed by atoms with Crippen molar-refractivity contribution in [2.24, 2.45) is 0 Å². The number of nitrogens with zero attached hydrogens (tertiary/aromatic N) is 1. The molecule has 0 atom stereocenters. The number of carbonyl (C=O) groups excluding carboxylic acids is 1. The average molecular weight is 284 g/mol. The van der Waals surface area contributed by atoms with Crippen molar-refractivity contribution in [2.75, 3.05) is 26.7 Å². The number of aryl methyl sites for hydroxylation is 1. The van der Waals surface area contributed by atoms with Crippen molar-refractivity contribution in [1.82, 2.24) is 9.62 Å². The van der Waals surface area contributed by atoms with E-state index in [2.05, 4.69) is 5.32 Å². The highest BCUT2D eigenvalue weighted by atomic mass is 32.2. The Labute approximate surface area is 112 Å². The molecule has 1 fully saturated rings. The van der Waals surface area contributed by atoms with Crippen LogP contribution in [0.25, 0.3) is 0 Å².